The van der Waals surface area contributed by atoms with Gasteiger partial charge in [-0.15, -0.1) is 0 Å². The fourth-order valence-corrected chi connectivity index (χ4v) is 1.75. The third kappa shape index (κ3) is 4.15. The number of carbonyl (C=O) groups is 1. The highest BCUT2D eigenvalue weighted by Crippen LogP contribution is 2.30. The van der Waals surface area contributed by atoms with Gasteiger partial charge in [0.05, 0.1) is 17.1 Å². The molecule has 0 aliphatic rings. The van der Waals surface area contributed by atoms with Gasteiger partial charge < -0.3 is 15.5 Å². The standard InChI is InChI=1S/C10H8Cl2F3NO3/c11-4-1-5(12)8(6(17)2-4)9(19)16-3-7(18)10(13,14)15/h1-2,7,17-18H,3H2,(H,16,19)/t7-/m1/s1. The molecule has 0 radical (unpaired) electrons. The second-order valence-corrected chi connectivity index (χ2v) is 4.39. The van der Waals surface area contributed by atoms with Crippen LogP contribution in [0.25, 0.3) is 0 Å². The Kier molecular flexibility index (Phi) is 4.89. The molecule has 0 aromatic heterocycles. The lowest BCUT2D eigenvalue weighted by Gasteiger charge is -2.15. The molecule has 1 aromatic carbocycles. The first-order chi connectivity index (χ1) is 8.62. The molecule has 0 heterocycles. The summed E-state index contributed by atoms with van der Waals surface area (Å²) in [6, 6.07) is 2.17. The van der Waals surface area contributed by atoms with Gasteiger partial charge in [-0.3, -0.25) is 4.79 Å². The molecular weight excluding hydrogens is 310 g/mol. The van der Waals surface area contributed by atoms with Gasteiger partial charge in [0.1, 0.15) is 5.75 Å². The molecule has 9 heteroatoms. The van der Waals surface area contributed by atoms with Gasteiger partial charge in [-0.1, -0.05) is 23.2 Å². The molecule has 0 spiro atoms. The van der Waals surface area contributed by atoms with E-state index in [1.165, 1.54) is 0 Å². The molecule has 1 rings (SSSR count). The number of phenolic OH excluding ortho intramolecular Hbond substituents is 1. The topological polar surface area (TPSA) is 69.6 Å². The van der Waals surface area contributed by atoms with Crippen LogP contribution in [0.5, 0.6) is 5.75 Å². The monoisotopic (exact) mass is 317 g/mol. The number of hydrogen-bond donors (Lipinski definition) is 3. The van der Waals surface area contributed by atoms with E-state index in [-0.39, 0.29) is 10.0 Å². The highest BCUT2D eigenvalue weighted by Gasteiger charge is 2.38. The first-order valence-electron chi connectivity index (χ1n) is 4.84. The summed E-state index contributed by atoms with van der Waals surface area (Å²) in [7, 11) is 0. The number of alkyl halides is 3. The summed E-state index contributed by atoms with van der Waals surface area (Å²) in [4.78, 5) is 11.6. The van der Waals surface area contributed by atoms with Crippen molar-refractivity contribution in [2.75, 3.05) is 6.54 Å². The zero-order valence-electron chi connectivity index (χ0n) is 9.13. The minimum atomic E-state index is -4.85. The number of benzene rings is 1. The maximum Gasteiger partial charge on any atom is 0.416 e. The summed E-state index contributed by atoms with van der Waals surface area (Å²) < 4.78 is 36.1. The van der Waals surface area contributed by atoms with Crippen LogP contribution in [-0.2, 0) is 0 Å². The number of hydrogen-bond acceptors (Lipinski definition) is 3. The molecule has 0 saturated carbocycles. The van der Waals surface area contributed by atoms with Crippen LogP contribution in [0.3, 0.4) is 0 Å². The molecule has 4 nitrogen and oxygen atoms in total. The van der Waals surface area contributed by atoms with Crippen LogP contribution in [0.1, 0.15) is 10.4 Å². The molecule has 19 heavy (non-hydrogen) atoms. The number of rotatable bonds is 3. The molecule has 0 saturated heterocycles. The smallest absolute Gasteiger partial charge is 0.416 e. The number of amides is 1. The molecule has 3 N–H and O–H groups in total. The molecule has 0 bridgehead atoms. The van der Waals surface area contributed by atoms with Crippen molar-refractivity contribution in [3.05, 3.63) is 27.7 Å². The van der Waals surface area contributed by atoms with Gasteiger partial charge in [-0.2, -0.15) is 13.2 Å². The second-order valence-electron chi connectivity index (χ2n) is 3.55. The summed E-state index contributed by atoms with van der Waals surface area (Å²) in [5.74, 6) is -1.63. The van der Waals surface area contributed by atoms with E-state index < -0.39 is 36.0 Å². The summed E-state index contributed by atoms with van der Waals surface area (Å²) in [6.07, 6.45) is -7.55. The third-order valence-electron chi connectivity index (χ3n) is 2.10. The zero-order chi connectivity index (χ0) is 14.8. The Balaban J connectivity index is 2.80. The van der Waals surface area contributed by atoms with Crippen LogP contribution in [0.2, 0.25) is 10.0 Å². The number of aromatic hydroxyl groups is 1. The minimum absolute atomic E-state index is 0.0642. The van der Waals surface area contributed by atoms with Gasteiger partial charge in [-0.05, 0) is 12.1 Å². The van der Waals surface area contributed by atoms with E-state index in [2.05, 4.69) is 0 Å². The highest BCUT2D eigenvalue weighted by molar-refractivity contribution is 6.37. The molecule has 0 aliphatic carbocycles. The number of phenols is 1. The number of carbonyl (C=O) groups excluding carboxylic acids is 1. The summed E-state index contributed by atoms with van der Waals surface area (Å²) in [5, 5.41) is 19.8. The minimum Gasteiger partial charge on any atom is -0.507 e. The van der Waals surface area contributed by atoms with E-state index in [0.717, 1.165) is 12.1 Å². The van der Waals surface area contributed by atoms with Crippen molar-refractivity contribution in [2.24, 2.45) is 0 Å². The Morgan fingerprint density at radius 2 is 1.95 bits per heavy atom. The van der Waals surface area contributed by atoms with Crippen LogP contribution in [0.15, 0.2) is 12.1 Å². The lowest BCUT2D eigenvalue weighted by atomic mass is 10.2. The van der Waals surface area contributed by atoms with Crippen LogP contribution in [0, 0.1) is 0 Å². The van der Waals surface area contributed by atoms with E-state index in [4.69, 9.17) is 28.3 Å². The van der Waals surface area contributed by atoms with Crippen molar-refractivity contribution in [3.63, 3.8) is 0 Å². The Labute approximate surface area is 115 Å². The Bertz CT molecular complexity index is 470. The fraction of sp³-hybridized carbons (Fsp3) is 0.300. The third-order valence-corrected chi connectivity index (χ3v) is 2.61. The van der Waals surface area contributed by atoms with Crippen molar-refractivity contribution in [3.8, 4) is 5.75 Å². The van der Waals surface area contributed by atoms with Crippen molar-refractivity contribution < 1.29 is 28.2 Å². The molecule has 1 amide bonds. The maximum atomic E-state index is 12.0. The quantitative estimate of drug-likeness (QED) is 0.801. The van der Waals surface area contributed by atoms with Crippen LogP contribution >= 0.6 is 23.2 Å². The molecule has 0 unspecified atom stereocenters. The van der Waals surface area contributed by atoms with E-state index in [1.54, 1.807) is 0 Å². The van der Waals surface area contributed by atoms with Gasteiger partial charge in [0.2, 0.25) is 0 Å². The van der Waals surface area contributed by atoms with E-state index >= 15 is 0 Å². The van der Waals surface area contributed by atoms with Crippen molar-refractivity contribution in [1.29, 1.82) is 0 Å². The first-order valence-corrected chi connectivity index (χ1v) is 5.59. The lowest BCUT2D eigenvalue weighted by Crippen LogP contribution is -2.40. The largest absolute Gasteiger partial charge is 0.507 e. The second kappa shape index (κ2) is 5.85. The highest BCUT2D eigenvalue weighted by atomic mass is 35.5. The lowest BCUT2D eigenvalue weighted by molar-refractivity contribution is -0.201. The predicted molar refractivity (Wildman–Crippen MR) is 62.5 cm³/mol. The Hall–Kier alpha value is -1.18. The van der Waals surface area contributed by atoms with Crippen LogP contribution in [-0.4, -0.2) is 34.9 Å². The van der Waals surface area contributed by atoms with Crippen molar-refractivity contribution >= 4 is 29.1 Å². The number of aliphatic hydroxyl groups is 1. The van der Waals surface area contributed by atoms with Gasteiger partial charge >= 0.3 is 6.18 Å². The van der Waals surface area contributed by atoms with Crippen molar-refractivity contribution in [1.82, 2.24) is 5.32 Å². The fourth-order valence-electron chi connectivity index (χ4n) is 1.18. The first kappa shape index (κ1) is 15.9. The average molecular weight is 318 g/mol. The number of halogens is 5. The Morgan fingerprint density at radius 1 is 1.37 bits per heavy atom. The molecule has 0 aliphatic heterocycles. The van der Waals surface area contributed by atoms with Crippen LogP contribution < -0.4 is 5.32 Å². The molecular formula is C10H8Cl2F3NO3. The normalized spacial score (nSPS) is 13.2. The summed E-state index contributed by atoms with van der Waals surface area (Å²) >= 11 is 11.2. The molecule has 1 atom stereocenters. The average Bonchev–Trinajstić information content (AvgIpc) is 2.22. The van der Waals surface area contributed by atoms with Gasteiger partial charge in [0.25, 0.3) is 5.91 Å². The van der Waals surface area contributed by atoms with Crippen molar-refractivity contribution in [2.45, 2.75) is 12.3 Å². The molecule has 106 valence electrons. The molecule has 1 aromatic rings. The van der Waals surface area contributed by atoms with Crippen LogP contribution in [0.4, 0.5) is 13.2 Å². The summed E-state index contributed by atoms with van der Waals surface area (Å²) in [6.45, 7) is -1.05. The predicted octanol–water partition coefficient (Wildman–Crippen LogP) is 2.35. The zero-order valence-corrected chi connectivity index (χ0v) is 10.6. The van der Waals surface area contributed by atoms with Gasteiger partial charge in [0, 0.05) is 5.02 Å². The molecule has 0 fully saturated rings. The van der Waals surface area contributed by atoms with Gasteiger partial charge in [-0.25, -0.2) is 0 Å². The Morgan fingerprint density at radius 3 is 2.42 bits per heavy atom. The van der Waals surface area contributed by atoms with E-state index in [1.807, 2.05) is 5.32 Å². The SMILES string of the molecule is O=C(NC[C@@H](O)C(F)(F)F)c1c(O)cc(Cl)cc1Cl. The van der Waals surface area contributed by atoms with Gasteiger partial charge in [0.15, 0.2) is 6.10 Å². The van der Waals surface area contributed by atoms with E-state index in [9.17, 15) is 23.1 Å². The maximum absolute atomic E-state index is 12.0. The number of nitrogens with one attached hydrogen (secondary N) is 1. The number of aliphatic hydroxyl groups excluding tert-OH is 1. The summed E-state index contributed by atoms with van der Waals surface area (Å²) in [5.41, 5.74) is -0.416. The van der Waals surface area contributed by atoms with E-state index in [0.29, 0.717) is 0 Å².